The molecule has 6 aromatic carbocycles. The second-order valence-electron chi connectivity index (χ2n) is 12.4. The molecule has 0 spiro atoms. The van der Waals surface area contributed by atoms with E-state index in [1.165, 1.54) is 0 Å². The fourth-order valence-electron chi connectivity index (χ4n) is 7.25. The zero-order valence-corrected chi connectivity index (χ0v) is 27.0. The van der Waals surface area contributed by atoms with Crippen molar-refractivity contribution in [3.05, 3.63) is 133 Å². The summed E-state index contributed by atoms with van der Waals surface area (Å²) >= 11 is 0. The van der Waals surface area contributed by atoms with E-state index < -0.39 is 14.2 Å². The number of hydrogen-bond acceptors (Lipinski definition) is 8. The van der Waals surface area contributed by atoms with Crippen LogP contribution in [0.1, 0.15) is 0 Å². The molecule has 50 heavy (non-hydrogen) atoms. The first kappa shape index (κ1) is 29.4. The highest BCUT2D eigenvalue weighted by atomic mass is 16.6. The normalized spacial score (nSPS) is 15.9. The summed E-state index contributed by atoms with van der Waals surface area (Å²) in [6, 6.07) is 45.5. The van der Waals surface area contributed by atoms with Crippen molar-refractivity contribution in [1.29, 1.82) is 0 Å². The SMILES string of the molecule is c1ccc2c(c1)Oc1ccccc1N2c1cc(B2OCCO2)ccc1-c1ccc(B2OCCO2)cc1N1c2ccccc2Oc2ccccc21. The maximum Gasteiger partial charge on any atom is 0.494 e. The van der Waals surface area contributed by atoms with Crippen LogP contribution in [-0.2, 0) is 18.6 Å². The molecule has 2 saturated heterocycles. The first-order valence-electron chi connectivity index (χ1n) is 16.9. The Balaban J connectivity index is 1.25. The van der Waals surface area contributed by atoms with Gasteiger partial charge in [0.15, 0.2) is 23.0 Å². The van der Waals surface area contributed by atoms with Gasteiger partial charge in [0.05, 0.1) is 60.6 Å². The average Bonchev–Trinajstić information content (AvgIpc) is 3.92. The minimum absolute atomic E-state index is 0.453. The maximum atomic E-state index is 6.43. The smallest absolute Gasteiger partial charge is 0.453 e. The van der Waals surface area contributed by atoms with Crippen LogP contribution in [0.2, 0.25) is 0 Å². The number of benzene rings is 6. The third-order valence-electron chi connectivity index (χ3n) is 9.47. The number of fused-ring (bicyclic) bond motifs is 4. The third-order valence-corrected chi connectivity index (χ3v) is 9.47. The van der Waals surface area contributed by atoms with Crippen LogP contribution in [0, 0.1) is 0 Å². The van der Waals surface area contributed by atoms with Crippen molar-refractivity contribution in [2.45, 2.75) is 0 Å². The molecule has 6 aromatic rings. The minimum atomic E-state index is -0.453. The van der Waals surface area contributed by atoms with Gasteiger partial charge >= 0.3 is 14.2 Å². The monoisotopic (exact) mass is 656 g/mol. The lowest BCUT2D eigenvalue weighted by Crippen LogP contribution is -2.33. The maximum absolute atomic E-state index is 6.43. The van der Waals surface area contributed by atoms with Gasteiger partial charge in [0, 0.05) is 11.1 Å². The molecule has 2 fully saturated rings. The van der Waals surface area contributed by atoms with E-state index in [0.717, 1.165) is 79.2 Å². The van der Waals surface area contributed by atoms with Gasteiger partial charge in [0.25, 0.3) is 0 Å². The van der Waals surface area contributed by atoms with Gasteiger partial charge < -0.3 is 37.9 Å². The molecule has 4 aliphatic heterocycles. The van der Waals surface area contributed by atoms with Gasteiger partial charge in [-0.1, -0.05) is 72.8 Å². The van der Waals surface area contributed by atoms with E-state index in [0.29, 0.717) is 26.4 Å². The second-order valence-corrected chi connectivity index (χ2v) is 12.4. The molecular weight excluding hydrogens is 626 g/mol. The lowest BCUT2D eigenvalue weighted by atomic mass is 9.76. The molecule has 0 N–H and O–H groups in total. The van der Waals surface area contributed by atoms with Crippen molar-refractivity contribution in [2.75, 3.05) is 36.2 Å². The van der Waals surface area contributed by atoms with E-state index in [4.69, 9.17) is 28.1 Å². The van der Waals surface area contributed by atoms with E-state index in [9.17, 15) is 0 Å². The van der Waals surface area contributed by atoms with Crippen molar-refractivity contribution in [3.63, 3.8) is 0 Å². The van der Waals surface area contributed by atoms with Crippen LogP contribution in [0.25, 0.3) is 11.1 Å². The quantitative estimate of drug-likeness (QED) is 0.173. The number of hydrogen-bond donors (Lipinski definition) is 0. The van der Waals surface area contributed by atoms with Gasteiger partial charge in [-0.3, -0.25) is 0 Å². The Morgan fingerprint density at radius 2 is 0.680 bits per heavy atom. The van der Waals surface area contributed by atoms with Gasteiger partial charge in [-0.05, 0) is 71.6 Å². The molecule has 8 nitrogen and oxygen atoms in total. The molecule has 0 atom stereocenters. The van der Waals surface area contributed by atoms with Crippen molar-refractivity contribution in [2.24, 2.45) is 0 Å². The fourth-order valence-corrected chi connectivity index (χ4v) is 7.25. The summed E-state index contributed by atoms with van der Waals surface area (Å²) in [4.78, 5) is 4.56. The lowest BCUT2D eigenvalue weighted by Gasteiger charge is -2.36. The molecule has 4 heterocycles. The van der Waals surface area contributed by atoms with Gasteiger partial charge in [-0.15, -0.1) is 0 Å². The largest absolute Gasteiger partial charge is 0.494 e. The van der Waals surface area contributed by atoms with E-state index in [-0.39, 0.29) is 0 Å². The predicted molar refractivity (Wildman–Crippen MR) is 196 cm³/mol. The average molecular weight is 656 g/mol. The highest BCUT2D eigenvalue weighted by molar-refractivity contribution is 6.62. The fraction of sp³-hybridized carbons (Fsp3) is 0.100. The Bertz CT molecular complexity index is 2000. The summed E-state index contributed by atoms with van der Waals surface area (Å²) in [6.07, 6.45) is 0. The minimum Gasteiger partial charge on any atom is -0.453 e. The molecule has 0 radical (unpaired) electrons. The van der Waals surface area contributed by atoms with Crippen molar-refractivity contribution >= 4 is 59.3 Å². The molecule has 10 rings (SSSR count). The highest BCUT2D eigenvalue weighted by Gasteiger charge is 2.35. The molecule has 242 valence electrons. The number of ether oxygens (including phenoxy) is 2. The van der Waals surface area contributed by atoms with Crippen molar-refractivity contribution < 1.29 is 28.1 Å². The van der Waals surface area contributed by atoms with Crippen LogP contribution < -0.4 is 30.2 Å². The Labute approximate surface area is 290 Å². The van der Waals surface area contributed by atoms with Crippen LogP contribution in [0.4, 0.5) is 34.1 Å². The molecule has 0 unspecified atom stereocenters. The van der Waals surface area contributed by atoms with E-state index in [1.807, 2.05) is 72.8 Å². The summed E-state index contributed by atoms with van der Waals surface area (Å²) in [5.74, 6) is 3.10. The van der Waals surface area contributed by atoms with Crippen LogP contribution >= 0.6 is 0 Å². The van der Waals surface area contributed by atoms with Gasteiger partial charge in [0.1, 0.15) is 0 Å². The summed E-state index contributed by atoms with van der Waals surface area (Å²) in [5.41, 5.74) is 9.56. The standard InChI is InChI=1S/C40H30B2N2O6/c1-5-13-37-31(9-1)43(32-10-2-6-14-38(32)49-37)35-25-27(41-45-21-22-46-41)17-19-29(35)30-20-18-28(42-47-23-24-48-42)26-36(30)44-33-11-3-7-15-39(33)50-40-16-8-4-12-34(40)44/h1-20,25-26H,21-24H2. The van der Waals surface area contributed by atoms with Crippen LogP contribution in [-0.4, -0.2) is 40.7 Å². The number of rotatable bonds is 5. The molecule has 4 aliphatic rings. The molecule has 0 aromatic heterocycles. The number of para-hydroxylation sites is 8. The van der Waals surface area contributed by atoms with Crippen molar-refractivity contribution in [1.82, 2.24) is 0 Å². The first-order chi connectivity index (χ1) is 24.8. The van der Waals surface area contributed by atoms with Crippen LogP contribution in [0.15, 0.2) is 133 Å². The highest BCUT2D eigenvalue weighted by Crippen LogP contribution is 2.55. The molecule has 10 heteroatoms. The summed E-state index contributed by atoms with van der Waals surface area (Å²) < 4.78 is 36.9. The zero-order chi connectivity index (χ0) is 33.0. The van der Waals surface area contributed by atoms with Gasteiger partial charge in [0.2, 0.25) is 0 Å². The molecule has 0 bridgehead atoms. The van der Waals surface area contributed by atoms with Gasteiger partial charge in [-0.25, -0.2) is 0 Å². The number of anilines is 6. The summed E-state index contributed by atoms with van der Waals surface area (Å²) in [5, 5.41) is 0. The van der Waals surface area contributed by atoms with E-state index >= 15 is 0 Å². The Hall–Kier alpha value is -5.51. The second kappa shape index (κ2) is 12.1. The summed E-state index contributed by atoms with van der Waals surface area (Å²) in [7, 11) is -0.906. The topological polar surface area (TPSA) is 61.9 Å². The van der Waals surface area contributed by atoms with Crippen molar-refractivity contribution in [3.8, 4) is 34.1 Å². The molecule has 0 aliphatic carbocycles. The lowest BCUT2D eigenvalue weighted by molar-refractivity contribution is 0.365. The Morgan fingerprint density at radius 1 is 0.360 bits per heavy atom. The zero-order valence-electron chi connectivity index (χ0n) is 27.0. The molecule has 0 amide bonds. The molecule has 0 saturated carbocycles. The van der Waals surface area contributed by atoms with Crippen LogP contribution in [0.3, 0.4) is 0 Å². The number of nitrogens with zero attached hydrogens (tertiary/aromatic N) is 2. The van der Waals surface area contributed by atoms with Gasteiger partial charge in [-0.2, -0.15) is 0 Å². The van der Waals surface area contributed by atoms with E-state index in [1.54, 1.807) is 0 Å². The van der Waals surface area contributed by atoms with E-state index in [2.05, 4.69) is 70.5 Å². The molecular formula is C40H30B2N2O6. The third kappa shape index (κ3) is 4.87. The Kier molecular flexibility index (Phi) is 7.13. The Morgan fingerprint density at radius 3 is 1.02 bits per heavy atom. The predicted octanol–water partition coefficient (Wildman–Crippen LogP) is 7.99. The van der Waals surface area contributed by atoms with Crippen LogP contribution in [0.5, 0.6) is 23.0 Å². The summed E-state index contributed by atoms with van der Waals surface area (Å²) in [6.45, 7) is 2.21. The first-order valence-corrected chi connectivity index (χ1v) is 16.9.